The third-order valence-electron chi connectivity index (χ3n) is 2.34. The van der Waals surface area contributed by atoms with Gasteiger partial charge in [-0.25, -0.2) is 9.18 Å². The summed E-state index contributed by atoms with van der Waals surface area (Å²) in [6, 6.07) is 3.59. The molecule has 0 fully saturated rings. The van der Waals surface area contributed by atoms with Gasteiger partial charge in [-0.2, -0.15) is 0 Å². The highest BCUT2D eigenvalue weighted by Crippen LogP contribution is 2.15. The summed E-state index contributed by atoms with van der Waals surface area (Å²) in [5.41, 5.74) is 5.58. The molecule has 0 radical (unpaired) electrons. The summed E-state index contributed by atoms with van der Waals surface area (Å²) in [6.07, 6.45) is 0. The highest BCUT2D eigenvalue weighted by Gasteiger charge is 2.10. The van der Waals surface area contributed by atoms with Crippen LogP contribution in [-0.2, 0) is 0 Å². The molecule has 0 spiro atoms. The topological polar surface area (TPSA) is 82.2 Å². The number of nitrogens with one attached hydrogen (secondary N) is 2. The van der Waals surface area contributed by atoms with Crippen molar-refractivity contribution >= 4 is 17.6 Å². The van der Waals surface area contributed by atoms with Gasteiger partial charge in [-0.15, -0.1) is 0 Å². The van der Waals surface area contributed by atoms with Crippen LogP contribution in [0.25, 0.3) is 0 Å². The number of hydrogen-bond donors (Lipinski definition) is 3. The average Bonchev–Trinajstić information content (AvgIpc) is 2.30. The van der Waals surface area contributed by atoms with Crippen molar-refractivity contribution in [1.29, 1.82) is 5.41 Å². The van der Waals surface area contributed by atoms with E-state index in [0.717, 1.165) is 6.07 Å². The van der Waals surface area contributed by atoms with Crippen LogP contribution in [-0.4, -0.2) is 30.4 Å². The predicted molar refractivity (Wildman–Crippen MR) is 64.7 cm³/mol. The molecule has 0 unspecified atom stereocenters. The largest absolute Gasteiger partial charge is 0.384 e. The number of rotatable bonds is 3. The number of nitrogens with zero attached hydrogens (tertiary/aromatic N) is 1. The first kappa shape index (κ1) is 13.0. The van der Waals surface area contributed by atoms with Crippen LogP contribution < -0.4 is 11.1 Å². The Morgan fingerprint density at radius 1 is 1.59 bits per heavy atom. The number of anilines is 1. The Morgan fingerprint density at radius 2 is 2.24 bits per heavy atom. The molecule has 0 aliphatic carbocycles. The van der Waals surface area contributed by atoms with Crippen LogP contribution in [0.5, 0.6) is 0 Å². The molecule has 2 amide bonds. The first-order valence-electron chi connectivity index (χ1n) is 5.11. The van der Waals surface area contributed by atoms with Gasteiger partial charge in [0.2, 0.25) is 0 Å². The van der Waals surface area contributed by atoms with Gasteiger partial charge >= 0.3 is 6.03 Å². The maximum absolute atomic E-state index is 13.6. The maximum atomic E-state index is 13.6. The number of amidine groups is 1. The average molecular weight is 238 g/mol. The second-order valence-electron chi connectivity index (χ2n) is 3.55. The monoisotopic (exact) mass is 238 g/mol. The zero-order valence-electron chi connectivity index (χ0n) is 9.75. The first-order chi connectivity index (χ1) is 7.95. The lowest BCUT2D eigenvalue weighted by atomic mass is 10.2. The molecule has 4 N–H and O–H groups in total. The molecule has 92 valence electrons. The molecule has 17 heavy (non-hydrogen) atoms. The normalized spacial score (nSPS) is 9.82. The molecule has 1 rings (SSSR count). The zero-order chi connectivity index (χ0) is 13.0. The fourth-order valence-corrected chi connectivity index (χ4v) is 1.14. The van der Waals surface area contributed by atoms with E-state index in [0.29, 0.717) is 6.54 Å². The van der Waals surface area contributed by atoms with Crippen molar-refractivity contribution in [3.8, 4) is 0 Å². The summed E-state index contributed by atoms with van der Waals surface area (Å²) in [4.78, 5) is 12.9. The van der Waals surface area contributed by atoms with Crippen molar-refractivity contribution in [2.75, 3.05) is 18.9 Å². The highest BCUT2D eigenvalue weighted by molar-refractivity contribution is 5.96. The molecule has 0 heterocycles. The van der Waals surface area contributed by atoms with Crippen LogP contribution >= 0.6 is 0 Å². The van der Waals surface area contributed by atoms with E-state index in [-0.39, 0.29) is 23.1 Å². The second-order valence-corrected chi connectivity index (χ2v) is 3.55. The van der Waals surface area contributed by atoms with Crippen LogP contribution in [0.2, 0.25) is 0 Å². The van der Waals surface area contributed by atoms with Crippen molar-refractivity contribution in [3.63, 3.8) is 0 Å². The number of carbonyl (C=O) groups is 1. The summed E-state index contributed by atoms with van der Waals surface area (Å²) < 4.78 is 13.6. The van der Waals surface area contributed by atoms with Gasteiger partial charge in [0.25, 0.3) is 0 Å². The van der Waals surface area contributed by atoms with Crippen molar-refractivity contribution in [2.24, 2.45) is 5.73 Å². The molecule has 0 aromatic heterocycles. The third kappa shape index (κ3) is 3.17. The molecule has 1 aromatic carbocycles. The van der Waals surface area contributed by atoms with E-state index in [1.165, 1.54) is 17.0 Å². The van der Waals surface area contributed by atoms with Crippen molar-refractivity contribution in [2.45, 2.75) is 6.92 Å². The molecule has 6 heteroatoms. The minimum atomic E-state index is -0.615. The number of carbonyl (C=O) groups excluding carboxylic acids is 1. The number of benzene rings is 1. The summed E-state index contributed by atoms with van der Waals surface area (Å²) in [7, 11) is 1.61. The number of amides is 2. The van der Waals surface area contributed by atoms with E-state index in [4.69, 9.17) is 11.1 Å². The number of urea groups is 1. The molecular weight excluding hydrogens is 223 g/mol. The summed E-state index contributed by atoms with van der Waals surface area (Å²) in [5.74, 6) is -0.831. The molecule has 0 aliphatic heterocycles. The summed E-state index contributed by atoms with van der Waals surface area (Å²) in [6.45, 7) is 2.34. The smallest absolute Gasteiger partial charge is 0.321 e. The van der Waals surface area contributed by atoms with Gasteiger partial charge < -0.3 is 16.0 Å². The zero-order valence-corrected chi connectivity index (χ0v) is 9.75. The minimum Gasteiger partial charge on any atom is -0.384 e. The molecule has 1 aromatic rings. The van der Waals surface area contributed by atoms with Crippen LogP contribution in [0.15, 0.2) is 18.2 Å². The van der Waals surface area contributed by atoms with E-state index in [2.05, 4.69) is 5.32 Å². The Kier molecular flexibility index (Phi) is 4.03. The van der Waals surface area contributed by atoms with Crippen molar-refractivity contribution < 1.29 is 9.18 Å². The quantitative estimate of drug-likeness (QED) is 0.552. The fourth-order valence-electron chi connectivity index (χ4n) is 1.14. The van der Waals surface area contributed by atoms with Gasteiger partial charge in [0, 0.05) is 19.2 Å². The number of halogens is 1. The lowest BCUT2D eigenvalue weighted by Gasteiger charge is -2.16. The molecule has 0 saturated carbocycles. The van der Waals surface area contributed by atoms with Gasteiger partial charge in [-0.05, 0) is 25.1 Å². The highest BCUT2D eigenvalue weighted by atomic mass is 19.1. The molecule has 0 bridgehead atoms. The SMILES string of the molecule is CCN(C)C(=O)Nc1ccc(C(=N)N)cc1F. The van der Waals surface area contributed by atoms with Gasteiger partial charge in [0.1, 0.15) is 11.7 Å². The molecular formula is C11H15FN4O. The fraction of sp³-hybridized carbons (Fsp3) is 0.273. The van der Waals surface area contributed by atoms with E-state index in [9.17, 15) is 9.18 Å². The Morgan fingerprint density at radius 3 is 2.71 bits per heavy atom. The van der Waals surface area contributed by atoms with E-state index in [1.807, 2.05) is 6.92 Å². The maximum Gasteiger partial charge on any atom is 0.321 e. The first-order valence-corrected chi connectivity index (χ1v) is 5.11. The van der Waals surface area contributed by atoms with E-state index < -0.39 is 5.82 Å². The Hall–Kier alpha value is -2.11. The van der Waals surface area contributed by atoms with E-state index >= 15 is 0 Å². The summed E-state index contributed by atoms with van der Waals surface area (Å²) >= 11 is 0. The van der Waals surface area contributed by atoms with Crippen molar-refractivity contribution in [3.05, 3.63) is 29.6 Å². The van der Waals surface area contributed by atoms with Crippen LogP contribution in [0.1, 0.15) is 12.5 Å². The predicted octanol–water partition coefficient (Wildman–Crippen LogP) is 1.59. The minimum absolute atomic E-state index is 0.0697. The second kappa shape index (κ2) is 5.29. The lowest BCUT2D eigenvalue weighted by molar-refractivity contribution is 0.224. The third-order valence-corrected chi connectivity index (χ3v) is 2.34. The molecule has 0 saturated heterocycles. The van der Waals surface area contributed by atoms with Crippen LogP contribution in [0.3, 0.4) is 0 Å². The van der Waals surface area contributed by atoms with Gasteiger partial charge in [0.05, 0.1) is 5.69 Å². The molecule has 5 nitrogen and oxygen atoms in total. The van der Waals surface area contributed by atoms with Crippen LogP contribution in [0.4, 0.5) is 14.9 Å². The van der Waals surface area contributed by atoms with Crippen LogP contribution in [0, 0.1) is 11.2 Å². The Bertz CT molecular complexity index is 447. The number of nitrogen functional groups attached to an aromatic ring is 1. The lowest BCUT2D eigenvalue weighted by Crippen LogP contribution is -2.31. The van der Waals surface area contributed by atoms with Crippen molar-refractivity contribution in [1.82, 2.24) is 4.90 Å². The molecule has 0 aliphatic rings. The van der Waals surface area contributed by atoms with E-state index in [1.54, 1.807) is 7.05 Å². The molecule has 0 atom stereocenters. The number of hydrogen-bond acceptors (Lipinski definition) is 2. The standard InChI is InChI=1S/C11H15FN4O/c1-3-16(2)11(17)15-9-5-4-7(10(13)14)6-8(9)12/h4-6H,3H2,1-2H3,(H3,13,14)(H,15,17). The Labute approximate surface area is 98.9 Å². The van der Waals surface area contributed by atoms with Gasteiger partial charge in [-0.1, -0.05) is 0 Å². The van der Waals surface area contributed by atoms with Gasteiger partial charge in [0.15, 0.2) is 0 Å². The summed E-state index contributed by atoms with van der Waals surface area (Å²) in [5, 5.41) is 9.59. The van der Waals surface area contributed by atoms with Gasteiger partial charge in [-0.3, -0.25) is 5.41 Å². The Balaban J connectivity index is 2.86. The number of nitrogens with two attached hydrogens (primary N) is 1.